The minimum atomic E-state index is -3.79. The summed E-state index contributed by atoms with van der Waals surface area (Å²) in [5.74, 6) is -2.28. The summed E-state index contributed by atoms with van der Waals surface area (Å²) in [6, 6.07) is 6.91. The van der Waals surface area contributed by atoms with Crippen LogP contribution in [0, 0.1) is 5.82 Å². The second-order valence-corrected chi connectivity index (χ2v) is 7.07. The summed E-state index contributed by atoms with van der Waals surface area (Å²) in [4.78, 5) is 11.2. The van der Waals surface area contributed by atoms with Gasteiger partial charge in [-0.2, -0.15) is 0 Å². The van der Waals surface area contributed by atoms with E-state index < -0.39 is 27.4 Å². The molecule has 0 amide bonds. The van der Waals surface area contributed by atoms with E-state index in [4.69, 9.17) is 11.6 Å². The molecule has 0 saturated heterocycles. The first-order valence-electron chi connectivity index (χ1n) is 6.32. The Bertz CT molecular complexity index is 864. The molecule has 0 unspecified atom stereocenters. The van der Waals surface area contributed by atoms with Crippen molar-refractivity contribution in [1.82, 2.24) is 0 Å². The number of ether oxygens (including phenoxy) is 1. The first-order valence-corrected chi connectivity index (χ1v) is 8.35. The number of benzene rings is 2. The molecule has 0 saturated carbocycles. The van der Waals surface area contributed by atoms with E-state index in [9.17, 15) is 22.7 Å². The number of sulfone groups is 1. The first-order chi connectivity index (χ1) is 10.7. The average molecular weight is 359 g/mol. The van der Waals surface area contributed by atoms with Crippen LogP contribution in [0.1, 0.15) is 15.9 Å². The van der Waals surface area contributed by atoms with Crippen LogP contribution in [0.15, 0.2) is 41.3 Å². The summed E-state index contributed by atoms with van der Waals surface area (Å²) in [7, 11) is -2.62. The van der Waals surface area contributed by atoms with Crippen molar-refractivity contribution in [3.05, 3.63) is 58.4 Å². The summed E-state index contributed by atoms with van der Waals surface area (Å²) in [5, 5.41) is 9.48. The van der Waals surface area contributed by atoms with E-state index in [0.717, 1.165) is 24.3 Å². The number of halogens is 2. The molecule has 2 rings (SSSR count). The molecule has 5 nitrogen and oxygen atoms in total. The normalized spacial score (nSPS) is 11.3. The number of phenols is 1. The number of carbonyl (C=O) groups is 1. The van der Waals surface area contributed by atoms with E-state index in [-0.39, 0.29) is 26.8 Å². The smallest absolute Gasteiger partial charge is 0.341 e. The maximum atomic E-state index is 13.1. The number of hydrogen-bond donors (Lipinski definition) is 1. The maximum Gasteiger partial charge on any atom is 0.341 e. The minimum Gasteiger partial charge on any atom is -0.507 e. The molecular formula is C15H12ClFO5S. The monoisotopic (exact) mass is 358 g/mol. The number of phenolic OH excluding ortho intramolecular Hbond substituents is 1. The largest absolute Gasteiger partial charge is 0.507 e. The number of methoxy groups -OCH3 is 1. The van der Waals surface area contributed by atoms with Gasteiger partial charge in [-0.15, -0.1) is 0 Å². The molecule has 0 heterocycles. The summed E-state index contributed by atoms with van der Waals surface area (Å²) >= 11 is 5.59. The number of aromatic hydroxyl groups is 1. The molecule has 0 bridgehead atoms. The molecule has 0 aliphatic heterocycles. The molecular weight excluding hydrogens is 347 g/mol. The summed E-state index contributed by atoms with van der Waals surface area (Å²) in [6.07, 6.45) is 0. The zero-order valence-electron chi connectivity index (χ0n) is 11.9. The molecule has 0 aliphatic carbocycles. The highest BCUT2D eigenvalue weighted by atomic mass is 35.5. The van der Waals surface area contributed by atoms with Gasteiger partial charge in [-0.1, -0.05) is 17.7 Å². The molecule has 23 heavy (non-hydrogen) atoms. The Morgan fingerprint density at radius 3 is 2.52 bits per heavy atom. The van der Waals surface area contributed by atoms with Crippen LogP contribution in [0.4, 0.5) is 4.39 Å². The fourth-order valence-electron chi connectivity index (χ4n) is 1.92. The lowest BCUT2D eigenvalue weighted by atomic mass is 10.1. The van der Waals surface area contributed by atoms with Gasteiger partial charge in [0.2, 0.25) is 0 Å². The van der Waals surface area contributed by atoms with Gasteiger partial charge < -0.3 is 9.84 Å². The van der Waals surface area contributed by atoms with Gasteiger partial charge in [0.15, 0.2) is 9.84 Å². The Morgan fingerprint density at radius 2 is 1.96 bits per heavy atom. The van der Waals surface area contributed by atoms with Crippen LogP contribution >= 0.6 is 11.6 Å². The molecule has 2 aromatic rings. The van der Waals surface area contributed by atoms with Crippen LogP contribution in [0.5, 0.6) is 5.75 Å². The van der Waals surface area contributed by atoms with E-state index >= 15 is 0 Å². The van der Waals surface area contributed by atoms with Crippen molar-refractivity contribution in [1.29, 1.82) is 0 Å². The fourth-order valence-corrected chi connectivity index (χ4v) is 3.53. The number of carbonyl (C=O) groups excluding carboxylic acids is 1. The highest BCUT2D eigenvalue weighted by Crippen LogP contribution is 2.25. The lowest BCUT2D eigenvalue weighted by molar-refractivity contribution is 0.0597. The molecule has 0 radical (unpaired) electrons. The quantitative estimate of drug-likeness (QED) is 0.671. The van der Waals surface area contributed by atoms with Crippen LogP contribution in [-0.2, 0) is 20.3 Å². The van der Waals surface area contributed by atoms with Crippen molar-refractivity contribution in [2.75, 3.05) is 7.11 Å². The highest BCUT2D eigenvalue weighted by molar-refractivity contribution is 7.90. The van der Waals surface area contributed by atoms with E-state index in [1.54, 1.807) is 0 Å². The second-order valence-electron chi connectivity index (χ2n) is 4.68. The standard InChI is InChI=1S/C15H12ClFO5S/c1-22-15(19)11-4-2-9(6-14(11)18)8-23(20,21)10-3-5-13(17)12(16)7-10/h2-7,18H,8H2,1H3. The van der Waals surface area contributed by atoms with Gasteiger partial charge in [-0.25, -0.2) is 17.6 Å². The molecule has 2 aromatic carbocycles. The van der Waals surface area contributed by atoms with Gasteiger partial charge in [0.1, 0.15) is 17.1 Å². The second kappa shape index (κ2) is 6.55. The molecule has 0 aliphatic rings. The van der Waals surface area contributed by atoms with E-state index in [1.807, 2.05) is 0 Å². The minimum absolute atomic E-state index is 0.0709. The van der Waals surface area contributed by atoms with Crippen LogP contribution in [0.25, 0.3) is 0 Å². The van der Waals surface area contributed by atoms with Crippen LogP contribution in [-0.4, -0.2) is 26.6 Å². The van der Waals surface area contributed by atoms with Gasteiger partial charge >= 0.3 is 5.97 Å². The Labute approximate surface area is 137 Å². The van der Waals surface area contributed by atoms with Crippen molar-refractivity contribution in [2.24, 2.45) is 0 Å². The highest BCUT2D eigenvalue weighted by Gasteiger charge is 2.19. The molecule has 0 aromatic heterocycles. The summed E-state index contributed by atoms with van der Waals surface area (Å²) in [5.41, 5.74) is 0.189. The van der Waals surface area contributed by atoms with Crippen molar-refractivity contribution in [3.8, 4) is 5.75 Å². The van der Waals surface area contributed by atoms with Crippen LogP contribution in [0.3, 0.4) is 0 Å². The zero-order chi connectivity index (χ0) is 17.2. The number of esters is 1. The molecule has 8 heteroatoms. The molecule has 0 spiro atoms. The van der Waals surface area contributed by atoms with Crippen molar-refractivity contribution in [2.45, 2.75) is 10.6 Å². The summed E-state index contributed by atoms with van der Waals surface area (Å²) in [6.45, 7) is 0. The Morgan fingerprint density at radius 1 is 1.26 bits per heavy atom. The maximum absolute atomic E-state index is 13.1. The summed E-state index contributed by atoms with van der Waals surface area (Å²) < 4.78 is 42.2. The van der Waals surface area contributed by atoms with Gasteiger partial charge in [0, 0.05) is 0 Å². The van der Waals surface area contributed by atoms with Gasteiger partial charge in [0.05, 0.1) is 22.8 Å². The number of hydrogen-bond acceptors (Lipinski definition) is 5. The SMILES string of the molecule is COC(=O)c1ccc(CS(=O)(=O)c2ccc(F)c(Cl)c2)cc1O. The van der Waals surface area contributed by atoms with Crippen LogP contribution in [0.2, 0.25) is 5.02 Å². The molecule has 122 valence electrons. The van der Waals surface area contributed by atoms with E-state index in [0.29, 0.717) is 0 Å². The Balaban J connectivity index is 2.32. The van der Waals surface area contributed by atoms with E-state index in [1.165, 1.54) is 19.2 Å². The molecule has 0 fully saturated rings. The Hall–Kier alpha value is -2.12. The van der Waals surface area contributed by atoms with Crippen LogP contribution < -0.4 is 0 Å². The van der Waals surface area contributed by atoms with Gasteiger partial charge in [-0.3, -0.25) is 0 Å². The third kappa shape index (κ3) is 3.80. The zero-order valence-corrected chi connectivity index (χ0v) is 13.5. The van der Waals surface area contributed by atoms with Gasteiger partial charge in [0.25, 0.3) is 0 Å². The van der Waals surface area contributed by atoms with Crippen molar-refractivity contribution >= 4 is 27.4 Å². The predicted molar refractivity (Wildman–Crippen MR) is 81.7 cm³/mol. The number of rotatable bonds is 4. The average Bonchev–Trinajstić information content (AvgIpc) is 2.49. The topological polar surface area (TPSA) is 80.7 Å². The molecule has 1 N–H and O–H groups in total. The first kappa shape index (κ1) is 17.2. The van der Waals surface area contributed by atoms with Crippen molar-refractivity contribution in [3.63, 3.8) is 0 Å². The lowest BCUT2D eigenvalue weighted by Crippen LogP contribution is -2.06. The third-order valence-electron chi connectivity index (χ3n) is 3.07. The van der Waals surface area contributed by atoms with Crippen molar-refractivity contribution < 1.29 is 27.4 Å². The Kier molecular flexibility index (Phi) is 4.91. The predicted octanol–water partition coefficient (Wildman–Crippen LogP) is 2.95. The third-order valence-corrected chi connectivity index (χ3v) is 5.05. The lowest BCUT2D eigenvalue weighted by Gasteiger charge is -2.08. The molecule has 0 atom stereocenters. The fraction of sp³-hybridized carbons (Fsp3) is 0.133. The van der Waals surface area contributed by atoms with Gasteiger partial charge in [-0.05, 0) is 35.9 Å². The van der Waals surface area contributed by atoms with E-state index in [2.05, 4.69) is 4.74 Å².